The number of phenols is 1. The molecule has 0 unspecified atom stereocenters. The molecule has 0 saturated heterocycles. The van der Waals surface area contributed by atoms with Crippen molar-refractivity contribution < 1.29 is 26.2 Å². The summed E-state index contributed by atoms with van der Waals surface area (Å²) < 4.78 is 2.21. The molecule has 0 saturated carbocycles. The van der Waals surface area contributed by atoms with Crippen LogP contribution in [0.3, 0.4) is 0 Å². The Balaban J connectivity index is 0.00000343. The number of hydrogen-bond acceptors (Lipinski definition) is 3. The Morgan fingerprint density at radius 2 is 1.43 bits per heavy atom. The molecule has 4 aromatic carbocycles. The van der Waals surface area contributed by atoms with Gasteiger partial charge in [0.2, 0.25) is 0 Å². The van der Waals surface area contributed by atoms with Crippen LogP contribution >= 0.6 is 0 Å². The van der Waals surface area contributed by atoms with Crippen molar-refractivity contribution in [2.75, 3.05) is 0 Å². The van der Waals surface area contributed by atoms with Crippen molar-refractivity contribution in [3.63, 3.8) is 0 Å². The Labute approximate surface area is 272 Å². The quantitative estimate of drug-likeness (QED) is 0.182. The van der Waals surface area contributed by atoms with Crippen LogP contribution < -0.4 is 0 Å². The predicted molar refractivity (Wildman–Crippen MR) is 177 cm³/mol. The molecule has 4 nitrogen and oxygen atoms in total. The second-order valence-electron chi connectivity index (χ2n) is 12.9. The van der Waals surface area contributed by atoms with Crippen LogP contribution in [0.2, 0.25) is 0 Å². The fraction of sp³-hybridized carbons (Fsp3) is 0.179. The molecule has 7 aromatic rings. The van der Waals surface area contributed by atoms with E-state index in [2.05, 4.69) is 130 Å². The molecule has 5 heteroatoms. The largest absolute Gasteiger partial charge is 0.506 e. The van der Waals surface area contributed by atoms with E-state index in [9.17, 15) is 5.11 Å². The molecule has 0 spiro atoms. The van der Waals surface area contributed by atoms with Crippen LogP contribution in [0.15, 0.2) is 109 Å². The minimum atomic E-state index is -0.479. The predicted octanol–water partition coefficient (Wildman–Crippen LogP) is 9.52. The van der Waals surface area contributed by atoms with E-state index in [0.717, 1.165) is 55.4 Å². The molecular weight excluding hydrogens is 722 g/mol. The molecule has 7 rings (SSSR count). The van der Waals surface area contributed by atoms with E-state index in [1.54, 1.807) is 6.07 Å². The molecule has 0 radical (unpaired) electrons. The average molecular weight is 756 g/mol. The van der Waals surface area contributed by atoms with Crippen molar-refractivity contribution in [1.82, 2.24) is 14.5 Å². The zero-order valence-corrected chi connectivity index (χ0v) is 27.8. The summed E-state index contributed by atoms with van der Waals surface area (Å²) in [5, 5.41) is 14.1. The second-order valence-corrected chi connectivity index (χ2v) is 12.9. The summed E-state index contributed by atoms with van der Waals surface area (Å²) in [6.45, 7) is 10.9. The molecule has 0 atom stereocenters. The first kappa shape index (κ1) is 29.8. The molecule has 0 fully saturated rings. The zero-order valence-electron chi connectivity index (χ0n) is 25.5. The number of para-hydroxylation sites is 1. The Morgan fingerprint density at radius 3 is 2.20 bits per heavy atom. The topological polar surface area (TPSA) is 50.9 Å². The first-order valence-corrected chi connectivity index (χ1v) is 14.7. The van der Waals surface area contributed by atoms with Crippen molar-refractivity contribution >= 4 is 32.7 Å². The number of rotatable bonds is 4. The maximum Gasteiger partial charge on any atom is 0.141 e. The van der Waals surface area contributed by atoms with Crippen molar-refractivity contribution in [3.05, 3.63) is 132 Å². The number of benzene rings is 4. The summed E-state index contributed by atoms with van der Waals surface area (Å²) in [4.78, 5) is 9.89. The smallest absolute Gasteiger partial charge is 0.141 e. The van der Waals surface area contributed by atoms with E-state index in [0.29, 0.717) is 5.52 Å². The van der Waals surface area contributed by atoms with Gasteiger partial charge in [-0.3, -0.25) is 0 Å². The Hall–Kier alpha value is -4.27. The van der Waals surface area contributed by atoms with Gasteiger partial charge in [0.15, 0.2) is 0 Å². The van der Waals surface area contributed by atoms with Crippen LogP contribution in [-0.2, 0) is 31.9 Å². The Bertz CT molecular complexity index is 2160. The standard InChI is InChI=1S/C39H34N3O.Pt/c1-38(2,3)31-18-19-34(43)37-30(31)17-20-35(41-37)39(4,5)27-15-16-29-28-13-9-10-14-32(28)42(33(29)24-27)36-23-26(21-22-40-36)25-11-7-6-8-12-25;/h6-23,43H,1-5H3;/q-1;. The van der Waals surface area contributed by atoms with Crippen molar-refractivity contribution in [1.29, 1.82) is 0 Å². The number of aromatic hydroxyl groups is 1. The van der Waals surface area contributed by atoms with Crippen molar-refractivity contribution in [3.8, 4) is 22.7 Å². The van der Waals surface area contributed by atoms with Gasteiger partial charge in [-0.1, -0.05) is 101 Å². The number of fused-ring (bicyclic) bond motifs is 4. The number of phenolic OH excluding ortho intramolecular Hbond substituents is 1. The van der Waals surface area contributed by atoms with Crippen LogP contribution in [0.5, 0.6) is 5.75 Å². The summed E-state index contributed by atoms with van der Waals surface area (Å²) >= 11 is 0. The van der Waals surface area contributed by atoms with Crippen LogP contribution in [0.1, 0.15) is 51.4 Å². The first-order chi connectivity index (χ1) is 20.6. The average Bonchev–Trinajstić information content (AvgIpc) is 3.35. The Kier molecular flexibility index (Phi) is 7.46. The molecule has 0 aliphatic heterocycles. The Morgan fingerprint density at radius 1 is 0.705 bits per heavy atom. The van der Waals surface area contributed by atoms with Crippen LogP contribution in [0, 0.1) is 6.07 Å². The third-order valence-corrected chi connectivity index (χ3v) is 8.62. The molecule has 0 aliphatic carbocycles. The molecule has 0 bridgehead atoms. The minimum absolute atomic E-state index is 0. The van der Waals surface area contributed by atoms with Gasteiger partial charge in [0.25, 0.3) is 0 Å². The number of aromatic nitrogens is 3. The normalized spacial score (nSPS) is 12.1. The van der Waals surface area contributed by atoms with E-state index in [1.165, 1.54) is 5.56 Å². The van der Waals surface area contributed by atoms with E-state index in [1.807, 2.05) is 18.3 Å². The van der Waals surface area contributed by atoms with Gasteiger partial charge in [-0.05, 0) is 57.8 Å². The van der Waals surface area contributed by atoms with Gasteiger partial charge in [-0.25, -0.2) is 9.97 Å². The fourth-order valence-electron chi connectivity index (χ4n) is 6.19. The van der Waals surface area contributed by atoms with Crippen LogP contribution in [0.4, 0.5) is 0 Å². The van der Waals surface area contributed by atoms with Gasteiger partial charge < -0.3 is 9.67 Å². The third-order valence-electron chi connectivity index (χ3n) is 8.62. The van der Waals surface area contributed by atoms with Crippen molar-refractivity contribution in [2.45, 2.75) is 45.4 Å². The maximum atomic E-state index is 10.8. The van der Waals surface area contributed by atoms with Crippen LogP contribution in [-0.4, -0.2) is 19.6 Å². The summed E-state index contributed by atoms with van der Waals surface area (Å²) in [5.41, 5.74) is 7.48. The summed E-state index contributed by atoms with van der Waals surface area (Å²) in [5.74, 6) is 1.05. The maximum absolute atomic E-state index is 10.8. The third kappa shape index (κ3) is 4.92. The summed E-state index contributed by atoms with van der Waals surface area (Å²) in [6, 6.07) is 39.2. The van der Waals surface area contributed by atoms with Gasteiger partial charge in [-0.15, -0.1) is 10.9 Å². The van der Waals surface area contributed by atoms with Gasteiger partial charge in [-0.2, -0.15) is 18.2 Å². The molecule has 222 valence electrons. The summed E-state index contributed by atoms with van der Waals surface area (Å²) in [7, 11) is 0. The molecular formula is C39H34N3OPt-. The SMILES string of the molecule is CC(C)(C)c1ccc(O)c2nc(C(C)(C)c3[c-]c4c(cc3)c3ccccc3n4-c3cc(-c4ccccc4)ccn3)ccc12.[Pt]. The molecule has 0 amide bonds. The van der Waals surface area contributed by atoms with Gasteiger partial charge in [0.1, 0.15) is 17.1 Å². The molecule has 1 N–H and O–H groups in total. The van der Waals surface area contributed by atoms with Crippen molar-refractivity contribution in [2.24, 2.45) is 0 Å². The summed E-state index contributed by atoms with van der Waals surface area (Å²) in [6.07, 6.45) is 1.88. The molecule has 44 heavy (non-hydrogen) atoms. The number of pyridine rings is 2. The van der Waals surface area contributed by atoms with E-state index in [-0.39, 0.29) is 32.2 Å². The fourth-order valence-corrected chi connectivity index (χ4v) is 6.19. The van der Waals surface area contributed by atoms with Crippen LogP contribution in [0.25, 0.3) is 49.7 Å². The molecule has 3 aromatic heterocycles. The minimum Gasteiger partial charge on any atom is -0.506 e. The molecule has 0 aliphatic rings. The van der Waals surface area contributed by atoms with E-state index < -0.39 is 5.41 Å². The van der Waals surface area contributed by atoms with E-state index in [4.69, 9.17) is 9.97 Å². The van der Waals surface area contributed by atoms with Gasteiger partial charge >= 0.3 is 0 Å². The van der Waals surface area contributed by atoms with Gasteiger partial charge in [0.05, 0.1) is 0 Å². The zero-order chi connectivity index (χ0) is 29.9. The number of hydrogen-bond donors (Lipinski definition) is 1. The van der Waals surface area contributed by atoms with E-state index >= 15 is 0 Å². The second kappa shape index (κ2) is 11.0. The first-order valence-electron chi connectivity index (χ1n) is 14.7. The monoisotopic (exact) mass is 755 g/mol. The number of nitrogens with zero attached hydrogens (tertiary/aromatic N) is 3. The molecule has 3 heterocycles. The van der Waals surface area contributed by atoms with Gasteiger partial charge in [0, 0.05) is 49.3 Å².